The van der Waals surface area contributed by atoms with Gasteiger partial charge in [0.25, 0.3) is 0 Å². The largest absolute Gasteiger partial charge is 0.346 e. The van der Waals surface area contributed by atoms with Crippen molar-refractivity contribution in [3.05, 3.63) is 38.9 Å². The number of fused-ring (bicyclic) bond motifs is 1. The van der Waals surface area contributed by atoms with Crippen molar-refractivity contribution in [1.29, 1.82) is 0 Å². The van der Waals surface area contributed by atoms with E-state index >= 15 is 0 Å². The van der Waals surface area contributed by atoms with Gasteiger partial charge in [0.05, 0.1) is 2.88 Å². The Hall–Kier alpha value is -0.880. The lowest BCUT2D eigenvalue weighted by Gasteiger charge is -1.95. The molecule has 3 rings (SSSR count). The van der Waals surface area contributed by atoms with Crippen LogP contribution in [0.5, 0.6) is 0 Å². The minimum Gasteiger partial charge on any atom is -0.346 e. The zero-order valence-corrected chi connectivity index (χ0v) is 10.7. The van der Waals surface area contributed by atoms with E-state index in [1.165, 1.54) is 19.4 Å². The Labute approximate surface area is 105 Å². The van der Waals surface area contributed by atoms with E-state index in [9.17, 15) is 0 Å². The van der Waals surface area contributed by atoms with E-state index in [4.69, 9.17) is 0 Å². The number of pyridine rings is 1. The minimum absolute atomic E-state index is 0.953. The van der Waals surface area contributed by atoms with Crippen LogP contribution in [-0.2, 0) is 0 Å². The van der Waals surface area contributed by atoms with Crippen LogP contribution in [0.25, 0.3) is 22.2 Å². The molecule has 3 aromatic heterocycles. The third-order valence-corrected chi connectivity index (χ3v) is 4.40. The van der Waals surface area contributed by atoms with Crippen molar-refractivity contribution in [3.8, 4) is 11.1 Å². The van der Waals surface area contributed by atoms with Crippen LogP contribution in [0.2, 0.25) is 0 Å². The van der Waals surface area contributed by atoms with Crippen LogP contribution in [0, 0.1) is 2.88 Å². The summed E-state index contributed by atoms with van der Waals surface area (Å²) < 4.78 is 1.32. The summed E-state index contributed by atoms with van der Waals surface area (Å²) in [5, 5.41) is 3.31. The highest BCUT2D eigenvalue weighted by Crippen LogP contribution is 2.33. The quantitative estimate of drug-likeness (QED) is 0.675. The number of nitrogens with zero attached hydrogens (tertiary/aromatic N) is 1. The van der Waals surface area contributed by atoms with E-state index in [1.807, 2.05) is 12.3 Å². The molecule has 4 heteroatoms. The van der Waals surface area contributed by atoms with E-state index in [-0.39, 0.29) is 0 Å². The number of aromatic nitrogens is 2. The lowest BCUT2D eigenvalue weighted by Crippen LogP contribution is -1.75. The van der Waals surface area contributed by atoms with Crippen LogP contribution in [-0.4, -0.2) is 9.97 Å². The fraction of sp³-hybridized carbons (Fsp3) is 0. The number of hydrogen-bond donors (Lipinski definition) is 1. The molecule has 1 N–H and O–H groups in total. The normalized spacial score (nSPS) is 11.0. The zero-order valence-electron chi connectivity index (χ0n) is 7.70. The molecule has 0 spiro atoms. The summed E-state index contributed by atoms with van der Waals surface area (Å²) in [7, 11) is 0. The number of aromatic amines is 1. The molecule has 0 saturated heterocycles. The number of hydrogen-bond acceptors (Lipinski definition) is 2. The number of nitrogens with one attached hydrogen (secondary N) is 1. The number of halogens is 1. The highest BCUT2D eigenvalue weighted by Gasteiger charge is 2.09. The van der Waals surface area contributed by atoms with Crippen LogP contribution >= 0.6 is 33.9 Å². The van der Waals surface area contributed by atoms with E-state index in [1.54, 1.807) is 17.5 Å². The Morgan fingerprint density at radius 2 is 2.20 bits per heavy atom. The third kappa shape index (κ3) is 1.48. The van der Waals surface area contributed by atoms with Crippen LogP contribution in [0.15, 0.2) is 36.0 Å². The van der Waals surface area contributed by atoms with E-state index in [2.05, 4.69) is 50.1 Å². The molecule has 74 valence electrons. The van der Waals surface area contributed by atoms with Crippen LogP contribution in [0.3, 0.4) is 0 Å². The van der Waals surface area contributed by atoms with Crippen molar-refractivity contribution >= 4 is 45.0 Å². The van der Waals surface area contributed by atoms with Gasteiger partial charge in [-0.1, -0.05) is 0 Å². The highest BCUT2D eigenvalue weighted by molar-refractivity contribution is 14.1. The summed E-state index contributed by atoms with van der Waals surface area (Å²) in [5.41, 5.74) is 3.48. The van der Waals surface area contributed by atoms with Crippen LogP contribution in [0.1, 0.15) is 0 Å². The Morgan fingerprint density at radius 3 is 3.00 bits per heavy atom. The Bertz CT molecular complexity index is 612. The maximum Gasteiger partial charge on any atom is 0.137 e. The van der Waals surface area contributed by atoms with Crippen molar-refractivity contribution in [2.45, 2.75) is 0 Å². The molecule has 0 bridgehead atoms. The molecule has 0 aliphatic rings. The molecule has 0 fully saturated rings. The highest BCUT2D eigenvalue weighted by atomic mass is 127. The lowest BCUT2D eigenvalue weighted by molar-refractivity contribution is 1.33. The number of H-pyrrole nitrogens is 1. The molecule has 0 aromatic carbocycles. The van der Waals surface area contributed by atoms with Gasteiger partial charge in [0.2, 0.25) is 0 Å². The Balaban J connectivity index is 2.32. The molecule has 0 radical (unpaired) electrons. The van der Waals surface area contributed by atoms with E-state index < -0.39 is 0 Å². The Morgan fingerprint density at radius 1 is 1.27 bits per heavy atom. The molecular formula is C11H7IN2S. The molecule has 3 heterocycles. The predicted octanol–water partition coefficient (Wildman–Crippen LogP) is 3.90. The van der Waals surface area contributed by atoms with Gasteiger partial charge in [0, 0.05) is 28.9 Å². The molecule has 0 amide bonds. The van der Waals surface area contributed by atoms with Gasteiger partial charge in [0.15, 0.2) is 0 Å². The van der Waals surface area contributed by atoms with Crippen LogP contribution < -0.4 is 0 Å². The lowest BCUT2D eigenvalue weighted by atomic mass is 10.1. The summed E-state index contributed by atoms with van der Waals surface area (Å²) in [6, 6.07) is 6.23. The minimum atomic E-state index is 0.953. The van der Waals surface area contributed by atoms with E-state index in [0.29, 0.717) is 0 Å². The maximum absolute atomic E-state index is 4.29. The van der Waals surface area contributed by atoms with Crippen molar-refractivity contribution in [2.24, 2.45) is 0 Å². The first-order chi connectivity index (χ1) is 7.36. The van der Waals surface area contributed by atoms with Crippen molar-refractivity contribution in [1.82, 2.24) is 9.97 Å². The predicted molar refractivity (Wildman–Crippen MR) is 72.1 cm³/mol. The SMILES string of the molecule is Ic1sccc1-c1c[nH]c2ncccc12. The van der Waals surface area contributed by atoms with Gasteiger partial charge in [-0.25, -0.2) is 4.98 Å². The molecule has 0 aliphatic heterocycles. The van der Waals surface area contributed by atoms with Gasteiger partial charge in [0.1, 0.15) is 5.65 Å². The summed E-state index contributed by atoms with van der Waals surface area (Å²) in [6.45, 7) is 0. The molecule has 2 nitrogen and oxygen atoms in total. The second kappa shape index (κ2) is 3.61. The molecule has 3 aromatic rings. The fourth-order valence-electron chi connectivity index (χ4n) is 1.67. The average molecular weight is 326 g/mol. The average Bonchev–Trinajstić information content (AvgIpc) is 2.83. The van der Waals surface area contributed by atoms with Gasteiger partial charge >= 0.3 is 0 Å². The maximum atomic E-state index is 4.29. The van der Waals surface area contributed by atoms with Gasteiger partial charge in [-0.2, -0.15) is 0 Å². The first-order valence-electron chi connectivity index (χ1n) is 4.52. The standard InChI is InChI=1S/C11H7IN2S/c12-10-7(3-5-15-10)9-6-14-11-8(9)2-1-4-13-11/h1-6H,(H,13,14). The van der Waals surface area contributed by atoms with Gasteiger partial charge in [-0.3, -0.25) is 0 Å². The van der Waals surface area contributed by atoms with Gasteiger partial charge < -0.3 is 4.98 Å². The van der Waals surface area contributed by atoms with Crippen LogP contribution in [0.4, 0.5) is 0 Å². The van der Waals surface area contributed by atoms with Gasteiger partial charge in [-0.15, -0.1) is 11.3 Å². The topological polar surface area (TPSA) is 28.7 Å². The van der Waals surface area contributed by atoms with Crippen molar-refractivity contribution in [3.63, 3.8) is 0 Å². The second-order valence-electron chi connectivity index (χ2n) is 3.21. The summed E-state index contributed by atoms with van der Waals surface area (Å²) >= 11 is 4.14. The summed E-state index contributed by atoms with van der Waals surface area (Å²) in [4.78, 5) is 7.48. The molecular weight excluding hydrogens is 319 g/mol. The number of thiophene rings is 1. The number of rotatable bonds is 1. The van der Waals surface area contributed by atoms with Crippen molar-refractivity contribution in [2.75, 3.05) is 0 Å². The molecule has 0 unspecified atom stereocenters. The zero-order chi connectivity index (χ0) is 10.3. The second-order valence-corrected chi connectivity index (χ2v) is 5.94. The molecule has 0 aliphatic carbocycles. The Kier molecular flexibility index (Phi) is 2.25. The van der Waals surface area contributed by atoms with Crippen molar-refractivity contribution < 1.29 is 0 Å². The monoisotopic (exact) mass is 326 g/mol. The van der Waals surface area contributed by atoms with Gasteiger partial charge in [-0.05, 0) is 46.2 Å². The molecule has 15 heavy (non-hydrogen) atoms. The third-order valence-electron chi connectivity index (χ3n) is 2.36. The smallest absolute Gasteiger partial charge is 0.137 e. The molecule has 0 atom stereocenters. The molecule has 0 saturated carbocycles. The first kappa shape index (κ1) is 9.35. The summed E-state index contributed by atoms with van der Waals surface area (Å²) in [6.07, 6.45) is 3.84. The first-order valence-corrected chi connectivity index (χ1v) is 6.47. The fourth-order valence-corrected chi connectivity index (χ4v) is 3.20. The van der Waals surface area contributed by atoms with E-state index in [0.717, 1.165) is 5.65 Å². The summed E-state index contributed by atoms with van der Waals surface area (Å²) in [5.74, 6) is 0.